The summed E-state index contributed by atoms with van der Waals surface area (Å²) in [6.07, 6.45) is 2.13. The van der Waals surface area contributed by atoms with Crippen LogP contribution in [-0.4, -0.2) is 12.5 Å². The lowest BCUT2D eigenvalue weighted by molar-refractivity contribution is -0.116. The van der Waals surface area contributed by atoms with Gasteiger partial charge in [0.1, 0.15) is 5.82 Å². The Morgan fingerprint density at radius 1 is 1.33 bits per heavy atom. The Morgan fingerprint density at radius 2 is 2.00 bits per heavy atom. The molecule has 0 aromatic heterocycles. The minimum absolute atomic E-state index is 0.0741. The lowest BCUT2D eigenvalue weighted by atomic mass is 9.76. The third kappa shape index (κ3) is 5.84. The van der Waals surface area contributed by atoms with Crippen LogP contribution < -0.4 is 11.1 Å². The zero-order valence-corrected chi connectivity index (χ0v) is 13.5. The third-order valence-electron chi connectivity index (χ3n) is 3.93. The number of halogens is 1. The van der Waals surface area contributed by atoms with Gasteiger partial charge in [-0.2, -0.15) is 0 Å². The van der Waals surface area contributed by atoms with Crippen molar-refractivity contribution in [2.45, 2.75) is 47.0 Å². The van der Waals surface area contributed by atoms with Crippen molar-refractivity contribution in [3.63, 3.8) is 0 Å². The number of hydrogen-bond donors (Lipinski definition) is 2. The minimum atomic E-state index is -0.341. The number of carbonyl (C=O) groups excluding carboxylic acids is 1. The normalized spacial score (nSPS) is 13.0. The van der Waals surface area contributed by atoms with Gasteiger partial charge >= 0.3 is 0 Å². The molecule has 118 valence electrons. The first-order chi connectivity index (χ1) is 9.74. The van der Waals surface area contributed by atoms with Crippen LogP contribution in [0.1, 0.15) is 45.6 Å². The van der Waals surface area contributed by atoms with Gasteiger partial charge in [-0.15, -0.1) is 0 Å². The lowest BCUT2D eigenvalue weighted by Crippen LogP contribution is -2.25. The van der Waals surface area contributed by atoms with Crippen LogP contribution in [0.4, 0.5) is 10.1 Å². The fourth-order valence-electron chi connectivity index (χ4n) is 2.46. The molecule has 0 aliphatic carbocycles. The summed E-state index contributed by atoms with van der Waals surface area (Å²) in [6, 6.07) is 4.41. The highest BCUT2D eigenvalue weighted by Gasteiger charge is 2.24. The van der Waals surface area contributed by atoms with Gasteiger partial charge in [-0.3, -0.25) is 4.79 Å². The van der Waals surface area contributed by atoms with Gasteiger partial charge in [-0.25, -0.2) is 4.39 Å². The van der Waals surface area contributed by atoms with Crippen LogP contribution in [0.15, 0.2) is 18.2 Å². The first kappa shape index (κ1) is 17.6. The fourth-order valence-corrected chi connectivity index (χ4v) is 2.46. The predicted molar refractivity (Wildman–Crippen MR) is 85.6 cm³/mol. The van der Waals surface area contributed by atoms with Crippen LogP contribution in [0.3, 0.4) is 0 Å². The van der Waals surface area contributed by atoms with E-state index >= 15 is 0 Å². The molecule has 0 spiro atoms. The molecule has 4 heteroatoms. The summed E-state index contributed by atoms with van der Waals surface area (Å²) < 4.78 is 13.2. The molecule has 0 saturated carbocycles. The van der Waals surface area contributed by atoms with Gasteiger partial charge < -0.3 is 11.1 Å². The molecule has 3 N–H and O–H groups in total. The zero-order valence-electron chi connectivity index (χ0n) is 13.5. The molecule has 0 aliphatic rings. The van der Waals surface area contributed by atoms with E-state index in [4.69, 9.17) is 5.73 Å². The SMILES string of the molecule is Cc1ccc(F)cc1NC(=O)CCC(CCN)C(C)(C)C. The van der Waals surface area contributed by atoms with Crippen LogP contribution >= 0.6 is 0 Å². The van der Waals surface area contributed by atoms with Crippen LogP contribution in [0, 0.1) is 24.1 Å². The molecule has 1 unspecified atom stereocenters. The lowest BCUT2D eigenvalue weighted by Gasteiger charge is -2.30. The molecule has 3 nitrogen and oxygen atoms in total. The second kappa shape index (κ2) is 7.55. The number of carbonyl (C=O) groups is 1. The summed E-state index contributed by atoms with van der Waals surface area (Å²) >= 11 is 0. The van der Waals surface area contributed by atoms with Crippen LogP contribution in [-0.2, 0) is 4.79 Å². The van der Waals surface area contributed by atoms with Crippen LogP contribution in [0.2, 0.25) is 0 Å². The van der Waals surface area contributed by atoms with E-state index in [2.05, 4.69) is 26.1 Å². The zero-order chi connectivity index (χ0) is 16.0. The Balaban J connectivity index is 2.59. The molecular weight excluding hydrogens is 267 g/mol. The third-order valence-corrected chi connectivity index (χ3v) is 3.93. The molecule has 0 fully saturated rings. The van der Waals surface area contributed by atoms with Gasteiger partial charge in [0.25, 0.3) is 0 Å². The Morgan fingerprint density at radius 3 is 2.57 bits per heavy atom. The topological polar surface area (TPSA) is 55.1 Å². The molecule has 0 saturated heterocycles. The van der Waals surface area contributed by atoms with Gasteiger partial charge in [0.15, 0.2) is 0 Å². The summed E-state index contributed by atoms with van der Waals surface area (Å²) in [5.74, 6) is -0.0107. The van der Waals surface area contributed by atoms with Crippen molar-refractivity contribution in [3.05, 3.63) is 29.6 Å². The quantitative estimate of drug-likeness (QED) is 0.837. The van der Waals surface area contributed by atoms with Crippen molar-refractivity contribution >= 4 is 11.6 Å². The number of amides is 1. The molecule has 0 heterocycles. The molecule has 0 bridgehead atoms. The summed E-state index contributed by atoms with van der Waals surface area (Å²) in [7, 11) is 0. The van der Waals surface area contributed by atoms with Gasteiger partial charge in [0.05, 0.1) is 0 Å². The molecular formula is C17H27FN2O. The number of anilines is 1. The number of hydrogen-bond acceptors (Lipinski definition) is 2. The minimum Gasteiger partial charge on any atom is -0.330 e. The largest absolute Gasteiger partial charge is 0.330 e. The maximum atomic E-state index is 13.2. The Hall–Kier alpha value is -1.42. The molecule has 1 aromatic carbocycles. The monoisotopic (exact) mass is 294 g/mol. The molecule has 1 atom stereocenters. The highest BCUT2D eigenvalue weighted by atomic mass is 19.1. The smallest absolute Gasteiger partial charge is 0.224 e. The van der Waals surface area contributed by atoms with E-state index in [1.807, 2.05) is 6.92 Å². The van der Waals surface area contributed by atoms with Gasteiger partial charge in [-0.1, -0.05) is 26.8 Å². The van der Waals surface area contributed by atoms with E-state index in [1.165, 1.54) is 12.1 Å². The molecule has 21 heavy (non-hydrogen) atoms. The van der Waals surface area contributed by atoms with Crippen molar-refractivity contribution in [2.75, 3.05) is 11.9 Å². The van der Waals surface area contributed by atoms with E-state index in [0.29, 0.717) is 24.6 Å². The van der Waals surface area contributed by atoms with E-state index in [0.717, 1.165) is 18.4 Å². The summed E-state index contributed by atoms with van der Waals surface area (Å²) in [5.41, 5.74) is 7.19. The van der Waals surface area contributed by atoms with Crippen LogP contribution in [0.25, 0.3) is 0 Å². The highest BCUT2D eigenvalue weighted by molar-refractivity contribution is 5.91. The number of benzene rings is 1. The standard InChI is InChI=1S/C17H27FN2O/c1-12-5-7-14(18)11-15(12)20-16(21)8-6-13(9-10-19)17(2,3)4/h5,7,11,13H,6,8-10,19H2,1-4H3,(H,20,21). The Labute approximate surface area is 127 Å². The Bertz CT molecular complexity index is 480. The molecule has 0 aliphatic heterocycles. The van der Waals surface area contributed by atoms with E-state index in [-0.39, 0.29) is 17.1 Å². The maximum Gasteiger partial charge on any atom is 0.224 e. The van der Waals surface area contributed by atoms with E-state index in [9.17, 15) is 9.18 Å². The van der Waals surface area contributed by atoms with Gasteiger partial charge in [-0.05, 0) is 55.3 Å². The first-order valence-electron chi connectivity index (χ1n) is 7.50. The van der Waals surface area contributed by atoms with E-state index in [1.54, 1.807) is 6.07 Å². The van der Waals surface area contributed by atoms with Crippen molar-refractivity contribution in [1.82, 2.24) is 0 Å². The van der Waals surface area contributed by atoms with E-state index < -0.39 is 0 Å². The summed E-state index contributed by atoms with van der Waals surface area (Å²) in [6.45, 7) is 8.99. The average Bonchev–Trinajstić information content (AvgIpc) is 2.37. The predicted octanol–water partition coefficient (Wildman–Crippen LogP) is 3.86. The van der Waals surface area contributed by atoms with Crippen molar-refractivity contribution < 1.29 is 9.18 Å². The fraction of sp³-hybridized carbons (Fsp3) is 0.588. The molecule has 1 rings (SSSR count). The second-order valence-corrected chi connectivity index (χ2v) is 6.69. The second-order valence-electron chi connectivity index (χ2n) is 6.69. The summed E-state index contributed by atoms with van der Waals surface area (Å²) in [5, 5.41) is 2.79. The van der Waals surface area contributed by atoms with Crippen molar-refractivity contribution in [3.8, 4) is 0 Å². The van der Waals surface area contributed by atoms with Gasteiger partial charge in [0, 0.05) is 12.1 Å². The first-order valence-corrected chi connectivity index (χ1v) is 7.50. The van der Waals surface area contributed by atoms with Crippen molar-refractivity contribution in [1.29, 1.82) is 0 Å². The average molecular weight is 294 g/mol. The van der Waals surface area contributed by atoms with Gasteiger partial charge in [0.2, 0.25) is 5.91 Å². The number of nitrogens with two attached hydrogens (primary N) is 1. The number of aryl methyl sites for hydroxylation is 1. The maximum absolute atomic E-state index is 13.2. The highest BCUT2D eigenvalue weighted by Crippen LogP contribution is 2.32. The molecule has 1 aromatic rings. The molecule has 1 amide bonds. The number of rotatable bonds is 6. The van der Waals surface area contributed by atoms with Crippen LogP contribution in [0.5, 0.6) is 0 Å². The van der Waals surface area contributed by atoms with Crippen molar-refractivity contribution in [2.24, 2.45) is 17.1 Å². The Kier molecular flexibility index (Phi) is 6.34. The number of nitrogens with one attached hydrogen (secondary N) is 1. The molecule has 0 radical (unpaired) electrons. The summed E-state index contributed by atoms with van der Waals surface area (Å²) in [4.78, 5) is 12.0.